The predicted molar refractivity (Wildman–Crippen MR) is 81.2 cm³/mol. The zero-order chi connectivity index (χ0) is 14.6. The van der Waals surface area contributed by atoms with E-state index in [2.05, 4.69) is 35.9 Å². The smallest absolute Gasteiger partial charge is 0.0913 e. The summed E-state index contributed by atoms with van der Waals surface area (Å²) in [5.41, 5.74) is 1.65. The van der Waals surface area contributed by atoms with E-state index in [1.807, 2.05) is 6.20 Å². The van der Waals surface area contributed by atoms with E-state index >= 15 is 0 Å². The monoisotopic (exact) mass is 278 g/mol. The van der Waals surface area contributed by atoms with Gasteiger partial charge in [0.1, 0.15) is 0 Å². The van der Waals surface area contributed by atoms with Crippen molar-refractivity contribution in [3.63, 3.8) is 0 Å². The maximum atomic E-state index is 10.3. The van der Waals surface area contributed by atoms with Crippen LogP contribution in [0.5, 0.6) is 0 Å². The van der Waals surface area contributed by atoms with Gasteiger partial charge in [-0.2, -0.15) is 0 Å². The average Bonchev–Trinajstić information content (AvgIpc) is 2.47. The van der Waals surface area contributed by atoms with Gasteiger partial charge in [0, 0.05) is 25.9 Å². The molecular formula is C16H26N2O2. The van der Waals surface area contributed by atoms with Crippen molar-refractivity contribution in [1.82, 2.24) is 4.98 Å². The minimum atomic E-state index is -0.657. The Kier molecular flexibility index (Phi) is 5.00. The fourth-order valence-electron chi connectivity index (χ4n) is 2.68. The van der Waals surface area contributed by atoms with Crippen molar-refractivity contribution in [2.45, 2.75) is 44.6 Å². The van der Waals surface area contributed by atoms with Crippen LogP contribution in [-0.2, 0) is 4.74 Å². The number of aliphatic hydroxyl groups is 1. The summed E-state index contributed by atoms with van der Waals surface area (Å²) < 4.78 is 5.10. The highest BCUT2D eigenvalue weighted by molar-refractivity contribution is 5.45. The molecule has 2 rings (SSSR count). The second-order valence-electron chi connectivity index (χ2n) is 5.89. The standard InChI is InChI=1S/C16H26N2O2/c1-4-13(2)15-6-5-14(11-17-15)18-9-7-16(19,8-10-18)12-20-3/h5-6,11,13,19H,4,7-10,12H2,1-3H3. The molecule has 1 aromatic rings. The summed E-state index contributed by atoms with van der Waals surface area (Å²) in [6, 6.07) is 4.27. The number of hydrogen-bond acceptors (Lipinski definition) is 4. The van der Waals surface area contributed by atoms with E-state index in [-0.39, 0.29) is 0 Å². The van der Waals surface area contributed by atoms with E-state index < -0.39 is 5.60 Å². The molecule has 1 aliphatic heterocycles. The molecule has 0 aliphatic carbocycles. The molecule has 0 amide bonds. The number of aromatic nitrogens is 1. The molecule has 0 bridgehead atoms. The van der Waals surface area contributed by atoms with Crippen LogP contribution >= 0.6 is 0 Å². The third-order valence-electron chi connectivity index (χ3n) is 4.36. The van der Waals surface area contributed by atoms with Gasteiger partial charge in [0.15, 0.2) is 0 Å². The van der Waals surface area contributed by atoms with Crippen LogP contribution in [0.1, 0.15) is 44.7 Å². The summed E-state index contributed by atoms with van der Waals surface area (Å²) >= 11 is 0. The lowest BCUT2D eigenvalue weighted by Gasteiger charge is -2.38. The van der Waals surface area contributed by atoms with Crippen LogP contribution in [0.25, 0.3) is 0 Å². The Morgan fingerprint density at radius 3 is 2.60 bits per heavy atom. The molecular weight excluding hydrogens is 252 g/mol. The molecule has 20 heavy (non-hydrogen) atoms. The van der Waals surface area contributed by atoms with Gasteiger partial charge in [0.2, 0.25) is 0 Å². The summed E-state index contributed by atoms with van der Waals surface area (Å²) in [4.78, 5) is 6.86. The second-order valence-corrected chi connectivity index (χ2v) is 5.89. The number of hydrogen-bond donors (Lipinski definition) is 1. The summed E-state index contributed by atoms with van der Waals surface area (Å²) in [5.74, 6) is 0.511. The van der Waals surface area contributed by atoms with Crippen LogP contribution in [0, 0.1) is 0 Å². The van der Waals surface area contributed by atoms with Crippen molar-refractivity contribution in [3.05, 3.63) is 24.0 Å². The average molecular weight is 278 g/mol. The number of piperidine rings is 1. The minimum Gasteiger partial charge on any atom is -0.387 e. The molecule has 0 radical (unpaired) electrons. The number of rotatable bonds is 5. The van der Waals surface area contributed by atoms with Crippen molar-refractivity contribution < 1.29 is 9.84 Å². The van der Waals surface area contributed by atoms with Crippen molar-refractivity contribution >= 4 is 5.69 Å². The Balaban J connectivity index is 1.97. The first kappa shape index (κ1) is 15.3. The molecule has 0 aromatic carbocycles. The van der Waals surface area contributed by atoms with Gasteiger partial charge in [-0.15, -0.1) is 0 Å². The highest BCUT2D eigenvalue weighted by atomic mass is 16.5. The van der Waals surface area contributed by atoms with E-state index in [0.717, 1.165) is 43.7 Å². The molecule has 4 nitrogen and oxygen atoms in total. The predicted octanol–water partition coefficient (Wildman–Crippen LogP) is 2.57. The van der Waals surface area contributed by atoms with Crippen LogP contribution in [0.2, 0.25) is 0 Å². The van der Waals surface area contributed by atoms with Crippen molar-refractivity contribution in [1.29, 1.82) is 0 Å². The Morgan fingerprint density at radius 2 is 2.10 bits per heavy atom. The topological polar surface area (TPSA) is 45.6 Å². The Morgan fingerprint density at radius 1 is 1.40 bits per heavy atom. The Labute approximate surface area is 121 Å². The third kappa shape index (κ3) is 3.49. The zero-order valence-electron chi connectivity index (χ0n) is 12.8. The van der Waals surface area contributed by atoms with E-state index in [9.17, 15) is 5.11 Å². The highest BCUT2D eigenvalue weighted by Gasteiger charge is 2.32. The Bertz CT molecular complexity index is 411. The molecule has 4 heteroatoms. The Hall–Kier alpha value is -1.13. The lowest BCUT2D eigenvalue weighted by atomic mass is 9.92. The molecule has 0 saturated carbocycles. The van der Waals surface area contributed by atoms with E-state index in [0.29, 0.717) is 12.5 Å². The molecule has 1 N–H and O–H groups in total. The van der Waals surface area contributed by atoms with Gasteiger partial charge in [0.05, 0.1) is 24.1 Å². The fraction of sp³-hybridized carbons (Fsp3) is 0.688. The first-order valence-electron chi connectivity index (χ1n) is 7.50. The largest absolute Gasteiger partial charge is 0.387 e. The molecule has 1 atom stereocenters. The van der Waals surface area contributed by atoms with Gasteiger partial charge in [-0.25, -0.2) is 0 Å². The molecule has 0 spiro atoms. The number of anilines is 1. The van der Waals surface area contributed by atoms with Gasteiger partial charge in [0.25, 0.3) is 0 Å². The quantitative estimate of drug-likeness (QED) is 0.899. The van der Waals surface area contributed by atoms with Gasteiger partial charge < -0.3 is 14.7 Å². The third-order valence-corrected chi connectivity index (χ3v) is 4.36. The van der Waals surface area contributed by atoms with Crippen molar-refractivity contribution in [2.24, 2.45) is 0 Å². The van der Waals surface area contributed by atoms with Crippen LogP contribution in [0.4, 0.5) is 5.69 Å². The van der Waals surface area contributed by atoms with Crippen LogP contribution < -0.4 is 4.90 Å². The van der Waals surface area contributed by atoms with Crippen molar-refractivity contribution in [2.75, 3.05) is 31.7 Å². The molecule has 2 heterocycles. The second kappa shape index (κ2) is 6.55. The van der Waals surface area contributed by atoms with Gasteiger partial charge in [-0.05, 0) is 37.3 Å². The van der Waals surface area contributed by atoms with Crippen LogP contribution in [-0.4, -0.2) is 42.5 Å². The first-order chi connectivity index (χ1) is 9.58. The number of methoxy groups -OCH3 is 1. The molecule has 1 fully saturated rings. The maximum Gasteiger partial charge on any atom is 0.0913 e. The summed E-state index contributed by atoms with van der Waals surface area (Å²) in [6.45, 7) is 6.51. The molecule has 1 aromatic heterocycles. The number of ether oxygens (including phenoxy) is 1. The fourth-order valence-corrected chi connectivity index (χ4v) is 2.68. The van der Waals surface area contributed by atoms with Gasteiger partial charge in [-0.3, -0.25) is 4.98 Å². The van der Waals surface area contributed by atoms with Crippen LogP contribution in [0.15, 0.2) is 18.3 Å². The minimum absolute atomic E-state index is 0.423. The van der Waals surface area contributed by atoms with Crippen molar-refractivity contribution in [3.8, 4) is 0 Å². The molecule has 112 valence electrons. The number of pyridine rings is 1. The molecule has 1 saturated heterocycles. The van der Waals surface area contributed by atoms with E-state index in [1.165, 1.54) is 0 Å². The normalized spacial score (nSPS) is 19.9. The van der Waals surface area contributed by atoms with Gasteiger partial charge in [-0.1, -0.05) is 13.8 Å². The molecule has 1 unspecified atom stereocenters. The summed E-state index contributed by atoms with van der Waals surface area (Å²) in [7, 11) is 1.64. The summed E-state index contributed by atoms with van der Waals surface area (Å²) in [5, 5.41) is 10.3. The van der Waals surface area contributed by atoms with E-state index in [1.54, 1.807) is 7.11 Å². The lowest BCUT2D eigenvalue weighted by molar-refractivity contribution is -0.0471. The summed E-state index contributed by atoms with van der Waals surface area (Å²) in [6.07, 6.45) is 4.56. The molecule has 1 aliphatic rings. The van der Waals surface area contributed by atoms with Gasteiger partial charge >= 0.3 is 0 Å². The van der Waals surface area contributed by atoms with Crippen LogP contribution in [0.3, 0.4) is 0 Å². The lowest BCUT2D eigenvalue weighted by Crippen LogP contribution is -2.47. The maximum absolute atomic E-state index is 10.3. The van der Waals surface area contributed by atoms with E-state index in [4.69, 9.17) is 4.74 Å². The SMILES string of the molecule is CCC(C)c1ccc(N2CCC(O)(COC)CC2)cn1. The first-order valence-corrected chi connectivity index (χ1v) is 7.50. The highest BCUT2D eigenvalue weighted by Crippen LogP contribution is 2.27. The zero-order valence-corrected chi connectivity index (χ0v) is 12.8. The number of nitrogens with zero attached hydrogens (tertiary/aromatic N) is 2.